The van der Waals surface area contributed by atoms with Crippen molar-refractivity contribution in [3.8, 4) is 5.75 Å². The molecule has 4 nitrogen and oxygen atoms in total. The summed E-state index contributed by atoms with van der Waals surface area (Å²) < 4.78 is 6.50. The van der Waals surface area contributed by atoms with Gasteiger partial charge in [0, 0.05) is 45.0 Å². The first-order valence-electron chi connectivity index (χ1n) is 9.29. The molecule has 0 aliphatic carbocycles. The molecular formula is C21H27N3O. The molecule has 2 atom stereocenters. The maximum absolute atomic E-state index is 6.50. The molecule has 25 heavy (non-hydrogen) atoms. The first kappa shape index (κ1) is 16.6. The van der Waals surface area contributed by atoms with Gasteiger partial charge in [-0.05, 0) is 55.8 Å². The van der Waals surface area contributed by atoms with Crippen molar-refractivity contribution in [1.82, 2.24) is 14.8 Å². The molecule has 2 bridgehead atoms. The molecule has 0 amide bonds. The smallest absolute Gasteiger partial charge is 0.123 e. The van der Waals surface area contributed by atoms with Gasteiger partial charge >= 0.3 is 0 Å². The lowest BCUT2D eigenvalue weighted by molar-refractivity contribution is 0.0452. The largest absolute Gasteiger partial charge is 0.486 e. The maximum atomic E-state index is 6.50. The van der Waals surface area contributed by atoms with Crippen LogP contribution in [-0.4, -0.2) is 47.1 Å². The number of fused-ring (bicyclic) bond motifs is 2. The van der Waals surface area contributed by atoms with E-state index in [1.807, 2.05) is 18.5 Å². The van der Waals surface area contributed by atoms with Gasteiger partial charge in [-0.1, -0.05) is 18.2 Å². The molecule has 2 aromatic rings. The summed E-state index contributed by atoms with van der Waals surface area (Å²) in [4.78, 5) is 9.04. The summed E-state index contributed by atoms with van der Waals surface area (Å²) in [7, 11) is 2.15. The third kappa shape index (κ3) is 4.02. The number of benzene rings is 1. The number of rotatable bonds is 6. The second kappa shape index (κ2) is 7.14. The highest BCUT2D eigenvalue weighted by atomic mass is 16.5. The summed E-state index contributed by atoms with van der Waals surface area (Å²) in [6, 6.07) is 12.7. The number of pyridine rings is 1. The van der Waals surface area contributed by atoms with Crippen molar-refractivity contribution in [3.05, 3.63) is 59.9 Å². The quantitative estimate of drug-likeness (QED) is 0.808. The van der Waals surface area contributed by atoms with E-state index in [4.69, 9.17) is 4.74 Å². The Morgan fingerprint density at radius 3 is 2.88 bits per heavy atom. The molecule has 2 unspecified atom stereocenters. The SMILES string of the molecule is CN(Cc1cccnc1)Cc1cccc(OC23CCCN(CC2)C3)c1. The Bertz CT molecular complexity index is 701. The Morgan fingerprint density at radius 1 is 1.12 bits per heavy atom. The highest BCUT2D eigenvalue weighted by Gasteiger charge is 2.42. The minimum Gasteiger partial charge on any atom is -0.486 e. The fourth-order valence-electron chi connectivity index (χ4n) is 4.21. The zero-order valence-electron chi connectivity index (χ0n) is 15.0. The Morgan fingerprint density at radius 2 is 2.00 bits per heavy atom. The van der Waals surface area contributed by atoms with Crippen LogP contribution >= 0.6 is 0 Å². The fraction of sp³-hybridized carbons (Fsp3) is 0.476. The van der Waals surface area contributed by atoms with Crippen molar-refractivity contribution < 1.29 is 4.74 Å². The van der Waals surface area contributed by atoms with Crippen LogP contribution in [0.2, 0.25) is 0 Å². The van der Waals surface area contributed by atoms with Crippen molar-refractivity contribution in [2.24, 2.45) is 0 Å². The number of aromatic nitrogens is 1. The summed E-state index contributed by atoms with van der Waals surface area (Å²) in [5.74, 6) is 1.02. The van der Waals surface area contributed by atoms with E-state index in [0.29, 0.717) is 0 Å². The van der Waals surface area contributed by atoms with Crippen LogP contribution in [0, 0.1) is 0 Å². The summed E-state index contributed by atoms with van der Waals surface area (Å²) in [5.41, 5.74) is 2.59. The molecule has 0 saturated carbocycles. The zero-order valence-corrected chi connectivity index (χ0v) is 15.0. The van der Waals surface area contributed by atoms with E-state index in [1.54, 1.807) is 0 Å². The molecular weight excluding hydrogens is 310 g/mol. The third-order valence-corrected chi connectivity index (χ3v) is 5.36. The van der Waals surface area contributed by atoms with E-state index in [9.17, 15) is 0 Å². The van der Waals surface area contributed by atoms with E-state index < -0.39 is 0 Å². The predicted molar refractivity (Wildman–Crippen MR) is 99.5 cm³/mol. The van der Waals surface area contributed by atoms with Gasteiger partial charge in [0.2, 0.25) is 0 Å². The van der Waals surface area contributed by atoms with Crippen LogP contribution in [0.4, 0.5) is 0 Å². The normalized spacial score (nSPS) is 25.3. The highest BCUT2D eigenvalue weighted by Crippen LogP contribution is 2.35. The number of piperidine rings is 1. The van der Waals surface area contributed by atoms with Crippen molar-refractivity contribution in [1.29, 1.82) is 0 Å². The van der Waals surface area contributed by atoms with Crippen LogP contribution in [0.3, 0.4) is 0 Å². The lowest BCUT2D eigenvalue weighted by atomic mass is 9.94. The number of nitrogens with zero attached hydrogens (tertiary/aromatic N) is 3. The molecule has 2 saturated heterocycles. The lowest BCUT2D eigenvalue weighted by Crippen LogP contribution is -2.43. The van der Waals surface area contributed by atoms with Crippen LogP contribution in [0.1, 0.15) is 30.4 Å². The van der Waals surface area contributed by atoms with Gasteiger partial charge in [0.1, 0.15) is 11.4 Å². The Kier molecular flexibility index (Phi) is 4.73. The topological polar surface area (TPSA) is 28.6 Å². The minimum atomic E-state index is 0.0541. The summed E-state index contributed by atoms with van der Waals surface area (Å²) in [6.45, 7) is 5.33. The average Bonchev–Trinajstić information content (AvgIpc) is 2.89. The third-order valence-electron chi connectivity index (χ3n) is 5.36. The molecule has 0 spiro atoms. The van der Waals surface area contributed by atoms with Crippen molar-refractivity contribution in [2.45, 2.75) is 38.0 Å². The first-order chi connectivity index (χ1) is 12.2. The molecule has 4 heteroatoms. The predicted octanol–water partition coefficient (Wildman–Crippen LogP) is 3.33. The van der Waals surface area contributed by atoms with Gasteiger partial charge in [0.15, 0.2) is 0 Å². The molecule has 132 valence electrons. The fourth-order valence-corrected chi connectivity index (χ4v) is 4.21. The van der Waals surface area contributed by atoms with E-state index in [-0.39, 0.29) is 5.60 Å². The standard InChI is InChI=1S/C21H27N3O/c1-23(16-19-6-3-10-22-14-19)15-18-5-2-7-20(13-18)25-21-8-4-11-24(17-21)12-9-21/h2-3,5-7,10,13-14H,4,8-9,11-12,15-17H2,1H3. The van der Waals surface area contributed by atoms with E-state index in [2.05, 4.69) is 52.2 Å². The van der Waals surface area contributed by atoms with Gasteiger partial charge in [0.05, 0.1) is 0 Å². The molecule has 1 aromatic heterocycles. The van der Waals surface area contributed by atoms with Crippen LogP contribution in [0.15, 0.2) is 48.8 Å². The minimum absolute atomic E-state index is 0.0541. The van der Waals surface area contributed by atoms with Gasteiger partial charge in [-0.2, -0.15) is 0 Å². The van der Waals surface area contributed by atoms with Crippen molar-refractivity contribution >= 4 is 0 Å². The van der Waals surface area contributed by atoms with Crippen LogP contribution in [0.25, 0.3) is 0 Å². The van der Waals surface area contributed by atoms with Gasteiger partial charge < -0.3 is 4.74 Å². The summed E-state index contributed by atoms with van der Waals surface area (Å²) in [5, 5.41) is 0. The number of hydrogen-bond acceptors (Lipinski definition) is 4. The summed E-state index contributed by atoms with van der Waals surface area (Å²) in [6.07, 6.45) is 7.36. The van der Waals surface area contributed by atoms with Gasteiger partial charge in [-0.3, -0.25) is 14.8 Å². The Hall–Kier alpha value is -1.91. The Labute approximate surface area is 150 Å². The lowest BCUT2D eigenvalue weighted by Gasteiger charge is -2.34. The van der Waals surface area contributed by atoms with Crippen LogP contribution in [-0.2, 0) is 13.1 Å². The monoisotopic (exact) mass is 337 g/mol. The Balaban J connectivity index is 1.39. The van der Waals surface area contributed by atoms with Crippen LogP contribution in [0.5, 0.6) is 5.75 Å². The van der Waals surface area contributed by atoms with E-state index >= 15 is 0 Å². The van der Waals surface area contributed by atoms with E-state index in [1.165, 1.54) is 37.1 Å². The molecule has 2 aliphatic rings. The summed E-state index contributed by atoms with van der Waals surface area (Å²) >= 11 is 0. The zero-order chi connectivity index (χ0) is 17.1. The number of hydrogen-bond donors (Lipinski definition) is 0. The van der Waals surface area contributed by atoms with Crippen LogP contribution < -0.4 is 4.74 Å². The average molecular weight is 337 g/mol. The second-order valence-electron chi connectivity index (χ2n) is 7.60. The number of ether oxygens (including phenoxy) is 1. The molecule has 2 aliphatic heterocycles. The first-order valence-corrected chi connectivity index (χ1v) is 9.29. The van der Waals surface area contributed by atoms with Gasteiger partial charge in [-0.25, -0.2) is 0 Å². The van der Waals surface area contributed by atoms with Crippen molar-refractivity contribution in [2.75, 3.05) is 26.7 Å². The molecule has 0 N–H and O–H groups in total. The molecule has 1 aromatic carbocycles. The molecule has 0 radical (unpaired) electrons. The van der Waals surface area contributed by atoms with E-state index in [0.717, 1.165) is 31.8 Å². The molecule has 2 fully saturated rings. The van der Waals surface area contributed by atoms with Gasteiger partial charge in [-0.15, -0.1) is 0 Å². The van der Waals surface area contributed by atoms with Crippen molar-refractivity contribution in [3.63, 3.8) is 0 Å². The van der Waals surface area contributed by atoms with Gasteiger partial charge in [0.25, 0.3) is 0 Å². The molecule has 3 heterocycles. The highest BCUT2D eigenvalue weighted by molar-refractivity contribution is 5.29. The second-order valence-corrected chi connectivity index (χ2v) is 7.60. The maximum Gasteiger partial charge on any atom is 0.123 e. The molecule has 4 rings (SSSR count).